The van der Waals surface area contributed by atoms with Crippen LogP contribution in [-0.4, -0.2) is 42.8 Å². The first-order valence-electron chi connectivity index (χ1n) is 7.58. The molecule has 0 bridgehead atoms. The highest BCUT2D eigenvalue weighted by atomic mass is 19.1. The number of carbonyl (C=O) groups excluding carboxylic acids is 1. The molecule has 3 rings (SSSR count). The summed E-state index contributed by atoms with van der Waals surface area (Å²) >= 11 is 0. The third-order valence-electron chi connectivity index (χ3n) is 4.30. The largest absolute Gasteiger partial charge is 0.391 e. The van der Waals surface area contributed by atoms with Crippen LogP contribution in [0, 0.1) is 11.7 Å². The summed E-state index contributed by atoms with van der Waals surface area (Å²) in [5.41, 5.74) is 6.71. The van der Waals surface area contributed by atoms with Crippen molar-refractivity contribution in [1.29, 1.82) is 0 Å². The van der Waals surface area contributed by atoms with Crippen LogP contribution in [0.4, 0.5) is 4.39 Å². The summed E-state index contributed by atoms with van der Waals surface area (Å²) in [6.07, 6.45) is 0.0968. The van der Waals surface area contributed by atoms with E-state index in [1.165, 1.54) is 12.1 Å². The molecular formula is C15H21FN4O2. The summed E-state index contributed by atoms with van der Waals surface area (Å²) in [6.45, 7) is 1.78. The second-order valence-corrected chi connectivity index (χ2v) is 5.84. The van der Waals surface area contributed by atoms with Crippen LogP contribution in [0.15, 0.2) is 24.3 Å². The standard InChI is InChI=1S/C15H21FN4O2/c16-10-3-1-2-9(6-10)14-11(7-18-20-14)15(22)19-12-8-17-5-4-13(12)21/h1-3,6,11-14,17-18,20-21H,4-5,7-8H2,(H,19,22)/t11?,12-,13-,14?/m1/s1. The minimum Gasteiger partial charge on any atom is -0.391 e. The predicted octanol–water partition coefficient (Wildman–Crippen LogP) is -0.570. The maximum atomic E-state index is 13.4. The fourth-order valence-corrected chi connectivity index (χ4v) is 3.04. The van der Waals surface area contributed by atoms with Crippen LogP contribution in [0.3, 0.4) is 0 Å². The lowest BCUT2D eigenvalue weighted by molar-refractivity contribution is -0.126. The van der Waals surface area contributed by atoms with Gasteiger partial charge in [0.15, 0.2) is 0 Å². The van der Waals surface area contributed by atoms with E-state index >= 15 is 0 Å². The van der Waals surface area contributed by atoms with Gasteiger partial charge in [0.1, 0.15) is 5.82 Å². The van der Waals surface area contributed by atoms with Crippen molar-refractivity contribution >= 4 is 5.91 Å². The van der Waals surface area contributed by atoms with E-state index in [4.69, 9.17) is 0 Å². The van der Waals surface area contributed by atoms with E-state index < -0.39 is 6.10 Å². The zero-order chi connectivity index (χ0) is 15.5. The molecule has 4 atom stereocenters. The molecule has 0 aliphatic carbocycles. The first kappa shape index (κ1) is 15.4. The van der Waals surface area contributed by atoms with Gasteiger partial charge in [-0.05, 0) is 30.7 Å². The van der Waals surface area contributed by atoms with Gasteiger partial charge in [-0.2, -0.15) is 0 Å². The van der Waals surface area contributed by atoms with Crippen LogP contribution in [0.2, 0.25) is 0 Å². The molecule has 6 nitrogen and oxygen atoms in total. The van der Waals surface area contributed by atoms with Crippen LogP contribution in [0.1, 0.15) is 18.0 Å². The maximum Gasteiger partial charge on any atom is 0.226 e. The molecule has 1 aromatic carbocycles. The quantitative estimate of drug-likeness (QED) is 0.516. The van der Waals surface area contributed by atoms with E-state index in [1.807, 2.05) is 0 Å². The molecule has 2 aliphatic rings. The normalized spacial score (nSPS) is 31.9. The molecule has 1 aromatic rings. The fraction of sp³-hybridized carbons (Fsp3) is 0.533. The second kappa shape index (κ2) is 6.70. The number of aliphatic hydroxyl groups is 1. The molecular weight excluding hydrogens is 287 g/mol. The molecule has 0 saturated carbocycles. The van der Waals surface area contributed by atoms with Crippen molar-refractivity contribution in [2.45, 2.75) is 24.6 Å². The van der Waals surface area contributed by atoms with Gasteiger partial charge in [-0.15, -0.1) is 0 Å². The predicted molar refractivity (Wildman–Crippen MR) is 79.2 cm³/mol. The lowest BCUT2D eigenvalue weighted by atomic mass is 9.93. The average molecular weight is 308 g/mol. The van der Waals surface area contributed by atoms with E-state index in [1.54, 1.807) is 12.1 Å². The topological polar surface area (TPSA) is 85.4 Å². The number of carbonyl (C=O) groups is 1. The monoisotopic (exact) mass is 308 g/mol. The number of halogens is 1. The number of amides is 1. The lowest BCUT2D eigenvalue weighted by Crippen LogP contribution is -2.55. The van der Waals surface area contributed by atoms with Gasteiger partial charge in [-0.1, -0.05) is 12.1 Å². The Balaban J connectivity index is 1.68. The third kappa shape index (κ3) is 3.27. The van der Waals surface area contributed by atoms with Crippen molar-refractivity contribution < 1.29 is 14.3 Å². The van der Waals surface area contributed by atoms with E-state index in [9.17, 15) is 14.3 Å². The number of hydrogen-bond donors (Lipinski definition) is 5. The Hall–Kier alpha value is -1.54. The van der Waals surface area contributed by atoms with Gasteiger partial charge in [0.2, 0.25) is 5.91 Å². The van der Waals surface area contributed by atoms with Gasteiger partial charge in [0.25, 0.3) is 0 Å². The van der Waals surface area contributed by atoms with Crippen molar-refractivity contribution in [3.8, 4) is 0 Å². The van der Waals surface area contributed by atoms with E-state index in [0.717, 1.165) is 12.1 Å². The molecule has 120 valence electrons. The molecule has 2 heterocycles. The molecule has 2 saturated heterocycles. The number of benzene rings is 1. The minimum atomic E-state index is -0.528. The summed E-state index contributed by atoms with van der Waals surface area (Å²) in [4.78, 5) is 12.5. The number of hydrogen-bond acceptors (Lipinski definition) is 5. The minimum absolute atomic E-state index is 0.139. The van der Waals surface area contributed by atoms with Crippen LogP contribution >= 0.6 is 0 Å². The average Bonchev–Trinajstić information content (AvgIpc) is 2.99. The van der Waals surface area contributed by atoms with Gasteiger partial charge in [0, 0.05) is 13.1 Å². The zero-order valence-corrected chi connectivity index (χ0v) is 12.2. The zero-order valence-electron chi connectivity index (χ0n) is 12.2. The molecule has 22 heavy (non-hydrogen) atoms. The van der Waals surface area contributed by atoms with E-state index in [-0.39, 0.29) is 29.7 Å². The van der Waals surface area contributed by atoms with Crippen molar-refractivity contribution in [1.82, 2.24) is 21.5 Å². The van der Waals surface area contributed by atoms with Gasteiger partial charge in [-0.25, -0.2) is 9.82 Å². The Bertz CT molecular complexity index is 542. The van der Waals surface area contributed by atoms with Gasteiger partial charge in [0.05, 0.1) is 24.1 Å². The van der Waals surface area contributed by atoms with Gasteiger partial charge in [-0.3, -0.25) is 10.2 Å². The first-order valence-corrected chi connectivity index (χ1v) is 7.58. The SMILES string of the molecule is O=C(N[C@@H]1CNCC[C@H]1O)C1CNNC1c1cccc(F)c1. The molecule has 7 heteroatoms. The van der Waals surface area contributed by atoms with Crippen molar-refractivity contribution in [2.75, 3.05) is 19.6 Å². The molecule has 2 aliphatic heterocycles. The summed E-state index contributed by atoms with van der Waals surface area (Å²) in [5, 5.41) is 16.0. The Morgan fingerprint density at radius 1 is 1.36 bits per heavy atom. The van der Waals surface area contributed by atoms with Crippen LogP contribution in [-0.2, 0) is 4.79 Å². The second-order valence-electron chi connectivity index (χ2n) is 5.84. The van der Waals surface area contributed by atoms with Crippen LogP contribution < -0.4 is 21.5 Å². The number of nitrogens with one attached hydrogen (secondary N) is 4. The van der Waals surface area contributed by atoms with Gasteiger partial charge >= 0.3 is 0 Å². The van der Waals surface area contributed by atoms with Gasteiger partial charge < -0.3 is 15.7 Å². The Labute approximate surface area is 128 Å². The summed E-state index contributed by atoms with van der Waals surface area (Å²) < 4.78 is 13.4. The smallest absolute Gasteiger partial charge is 0.226 e. The first-order chi connectivity index (χ1) is 10.6. The van der Waals surface area contributed by atoms with Crippen LogP contribution in [0.25, 0.3) is 0 Å². The Morgan fingerprint density at radius 3 is 3.00 bits per heavy atom. The highest BCUT2D eigenvalue weighted by molar-refractivity contribution is 5.80. The molecule has 2 fully saturated rings. The summed E-state index contributed by atoms with van der Waals surface area (Å²) in [7, 11) is 0. The van der Waals surface area contributed by atoms with E-state index in [0.29, 0.717) is 19.5 Å². The maximum absolute atomic E-state index is 13.4. The highest BCUT2D eigenvalue weighted by Gasteiger charge is 2.36. The van der Waals surface area contributed by atoms with Crippen molar-refractivity contribution in [3.63, 3.8) is 0 Å². The molecule has 5 N–H and O–H groups in total. The Kier molecular flexibility index (Phi) is 4.68. The van der Waals surface area contributed by atoms with E-state index in [2.05, 4.69) is 21.5 Å². The number of hydrazine groups is 1. The molecule has 2 unspecified atom stereocenters. The Morgan fingerprint density at radius 2 is 2.23 bits per heavy atom. The third-order valence-corrected chi connectivity index (χ3v) is 4.30. The van der Waals surface area contributed by atoms with Crippen molar-refractivity contribution in [2.24, 2.45) is 5.92 Å². The molecule has 0 aromatic heterocycles. The highest BCUT2D eigenvalue weighted by Crippen LogP contribution is 2.25. The molecule has 0 spiro atoms. The summed E-state index contributed by atoms with van der Waals surface area (Å²) in [5.74, 6) is -0.812. The summed E-state index contributed by atoms with van der Waals surface area (Å²) in [6, 6.07) is 5.67. The van der Waals surface area contributed by atoms with Crippen molar-refractivity contribution in [3.05, 3.63) is 35.6 Å². The number of aliphatic hydroxyl groups excluding tert-OH is 1. The molecule has 0 radical (unpaired) electrons. The molecule has 1 amide bonds. The number of rotatable bonds is 3. The van der Waals surface area contributed by atoms with Crippen LogP contribution in [0.5, 0.6) is 0 Å². The number of piperidine rings is 1. The lowest BCUT2D eigenvalue weighted by Gasteiger charge is -2.30. The fourth-order valence-electron chi connectivity index (χ4n) is 3.04.